The second-order valence-corrected chi connectivity index (χ2v) is 8.87. The van der Waals surface area contributed by atoms with Crippen LogP contribution in [-0.2, 0) is 10.9 Å². The van der Waals surface area contributed by atoms with Crippen molar-refractivity contribution in [3.05, 3.63) is 84.4 Å². The Labute approximate surface area is 162 Å². The number of carbonyl (C=O) groups is 1. The van der Waals surface area contributed by atoms with Gasteiger partial charge in [0.2, 0.25) is 0 Å². The van der Waals surface area contributed by atoms with E-state index in [-0.39, 0.29) is 0 Å². The fourth-order valence-electron chi connectivity index (χ4n) is 3.53. The van der Waals surface area contributed by atoms with Gasteiger partial charge in [-0.05, 0) is 61.4 Å². The molecule has 27 heavy (non-hydrogen) atoms. The SMILES string of the molecule is O=C(O)c1ccccc1N(c1ccccc1)c1ccc([S+]2CCCC2)cc1. The first-order valence-electron chi connectivity index (χ1n) is 9.19. The lowest BCUT2D eigenvalue weighted by Gasteiger charge is -2.26. The molecule has 0 aromatic heterocycles. The minimum absolute atomic E-state index is 0.295. The molecule has 1 fully saturated rings. The highest BCUT2D eigenvalue weighted by molar-refractivity contribution is 7.97. The van der Waals surface area contributed by atoms with Crippen LogP contribution < -0.4 is 4.90 Å². The molecule has 3 aromatic carbocycles. The van der Waals surface area contributed by atoms with E-state index in [4.69, 9.17) is 0 Å². The summed E-state index contributed by atoms with van der Waals surface area (Å²) in [4.78, 5) is 15.2. The van der Waals surface area contributed by atoms with Crippen LogP contribution in [0.15, 0.2) is 83.8 Å². The van der Waals surface area contributed by atoms with E-state index in [1.807, 2.05) is 47.4 Å². The molecular weight excluding hydrogens is 354 g/mol. The van der Waals surface area contributed by atoms with Gasteiger partial charge < -0.3 is 10.0 Å². The van der Waals surface area contributed by atoms with Crippen LogP contribution in [0.4, 0.5) is 17.1 Å². The largest absolute Gasteiger partial charge is 0.478 e. The molecule has 0 radical (unpaired) electrons. The first kappa shape index (κ1) is 17.7. The Hall–Kier alpha value is -2.72. The molecule has 0 saturated carbocycles. The van der Waals surface area contributed by atoms with Crippen LogP contribution in [0.1, 0.15) is 23.2 Å². The van der Waals surface area contributed by atoms with Gasteiger partial charge in [-0.25, -0.2) is 4.79 Å². The van der Waals surface area contributed by atoms with Gasteiger partial charge in [-0.1, -0.05) is 30.3 Å². The maximum Gasteiger partial charge on any atom is 0.337 e. The molecular formula is C23H22NO2S+. The van der Waals surface area contributed by atoms with Gasteiger partial charge in [0.25, 0.3) is 0 Å². The van der Waals surface area contributed by atoms with Crippen molar-refractivity contribution in [2.24, 2.45) is 0 Å². The standard InChI is InChI=1S/C23H21NO2S/c25-23(26)21-10-4-5-11-22(21)24(18-8-2-1-3-9-18)19-12-14-20(15-13-19)27-16-6-7-17-27/h1-5,8-15H,6-7,16-17H2/p+1. The lowest BCUT2D eigenvalue weighted by atomic mass is 10.1. The van der Waals surface area contributed by atoms with Gasteiger partial charge in [0.15, 0.2) is 4.90 Å². The predicted molar refractivity (Wildman–Crippen MR) is 113 cm³/mol. The van der Waals surface area contributed by atoms with Crippen molar-refractivity contribution >= 4 is 33.9 Å². The molecule has 4 rings (SSSR count). The third-order valence-corrected chi connectivity index (χ3v) is 7.35. The molecule has 0 bridgehead atoms. The molecule has 3 aromatic rings. The highest BCUT2D eigenvalue weighted by Crippen LogP contribution is 2.37. The van der Waals surface area contributed by atoms with E-state index < -0.39 is 5.97 Å². The molecule has 0 unspecified atom stereocenters. The summed E-state index contributed by atoms with van der Waals surface area (Å²) in [7, 11) is 0.374. The quantitative estimate of drug-likeness (QED) is 0.587. The lowest BCUT2D eigenvalue weighted by molar-refractivity contribution is 0.0698. The summed E-state index contributed by atoms with van der Waals surface area (Å²) in [5.74, 6) is 1.67. The van der Waals surface area contributed by atoms with Crippen molar-refractivity contribution in [2.75, 3.05) is 16.4 Å². The highest BCUT2D eigenvalue weighted by Gasteiger charge is 2.27. The highest BCUT2D eigenvalue weighted by atomic mass is 32.2. The molecule has 1 N–H and O–H groups in total. The monoisotopic (exact) mass is 376 g/mol. The average molecular weight is 377 g/mol. The summed E-state index contributed by atoms with van der Waals surface area (Å²) in [6.45, 7) is 0. The number of nitrogens with zero attached hydrogens (tertiary/aromatic N) is 1. The Bertz CT molecular complexity index is 919. The minimum atomic E-state index is -0.921. The van der Waals surface area contributed by atoms with E-state index in [9.17, 15) is 9.90 Å². The maximum atomic E-state index is 11.8. The number of benzene rings is 3. The van der Waals surface area contributed by atoms with Gasteiger partial charge in [0, 0.05) is 22.3 Å². The number of carboxylic acids is 1. The summed E-state index contributed by atoms with van der Waals surface area (Å²) >= 11 is 0. The summed E-state index contributed by atoms with van der Waals surface area (Å²) in [6.07, 6.45) is 2.65. The second-order valence-electron chi connectivity index (χ2n) is 6.60. The average Bonchev–Trinajstić information content (AvgIpc) is 3.25. The molecule has 0 amide bonds. The van der Waals surface area contributed by atoms with E-state index >= 15 is 0 Å². The summed E-state index contributed by atoms with van der Waals surface area (Å²) < 4.78 is 0. The normalized spacial score (nSPS) is 14.2. The van der Waals surface area contributed by atoms with Crippen LogP contribution in [0.3, 0.4) is 0 Å². The van der Waals surface area contributed by atoms with Crippen molar-refractivity contribution in [3.8, 4) is 0 Å². The topological polar surface area (TPSA) is 40.5 Å². The fourth-order valence-corrected chi connectivity index (χ4v) is 5.83. The molecule has 1 aliphatic rings. The lowest BCUT2D eigenvalue weighted by Crippen LogP contribution is -2.14. The number of para-hydroxylation sites is 2. The van der Waals surface area contributed by atoms with Crippen LogP contribution in [0.2, 0.25) is 0 Å². The van der Waals surface area contributed by atoms with Gasteiger partial charge in [-0.3, -0.25) is 0 Å². The smallest absolute Gasteiger partial charge is 0.337 e. The van der Waals surface area contributed by atoms with Gasteiger partial charge in [-0.2, -0.15) is 0 Å². The number of aromatic carboxylic acids is 1. The van der Waals surface area contributed by atoms with Crippen molar-refractivity contribution < 1.29 is 9.90 Å². The van der Waals surface area contributed by atoms with E-state index in [0.29, 0.717) is 22.1 Å². The van der Waals surface area contributed by atoms with Crippen LogP contribution >= 0.6 is 0 Å². The molecule has 4 heteroatoms. The first-order valence-corrected chi connectivity index (χ1v) is 10.8. The van der Waals surface area contributed by atoms with Gasteiger partial charge in [0.05, 0.1) is 11.3 Å². The zero-order chi connectivity index (χ0) is 18.6. The summed E-state index contributed by atoms with van der Waals surface area (Å²) in [5.41, 5.74) is 2.89. The van der Waals surface area contributed by atoms with E-state index in [0.717, 1.165) is 11.4 Å². The second kappa shape index (κ2) is 7.89. The number of hydrogen-bond donors (Lipinski definition) is 1. The summed E-state index contributed by atoms with van der Waals surface area (Å²) in [6, 6.07) is 25.7. The van der Waals surface area contributed by atoms with Crippen LogP contribution in [0.25, 0.3) is 0 Å². The number of rotatable bonds is 5. The fraction of sp³-hybridized carbons (Fsp3) is 0.174. The van der Waals surface area contributed by atoms with Crippen molar-refractivity contribution in [1.82, 2.24) is 0 Å². The van der Waals surface area contributed by atoms with Crippen LogP contribution in [0.5, 0.6) is 0 Å². The number of hydrogen-bond acceptors (Lipinski definition) is 2. The molecule has 1 heterocycles. The van der Waals surface area contributed by atoms with Gasteiger partial charge in [-0.15, -0.1) is 0 Å². The molecule has 136 valence electrons. The molecule has 0 atom stereocenters. The molecule has 0 aliphatic carbocycles. The Morgan fingerprint density at radius 1 is 0.778 bits per heavy atom. The summed E-state index contributed by atoms with van der Waals surface area (Å²) in [5, 5.41) is 9.67. The molecule has 0 spiro atoms. The Kier molecular flexibility index (Phi) is 5.16. The Balaban J connectivity index is 1.79. The van der Waals surface area contributed by atoms with Crippen LogP contribution in [-0.4, -0.2) is 22.6 Å². The van der Waals surface area contributed by atoms with E-state index in [1.54, 1.807) is 12.1 Å². The third-order valence-electron chi connectivity index (χ3n) is 4.85. The van der Waals surface area contributed by atoms with Crippen molar-refractivity contribution in [3.63, 3.8) is 0 Å². The minimum Gasteiger partial charge on any atom is -0.478 e. The number of anilines is 3. The molecule has 1 saturated heterocycles. The molecule has 1 aliphatic heterocycles. The van der Waals surface area contributed by atoms with E-state index in [2.05, 4.69) is 24.3 Å². The van der Waals surface area contributed by atoms with Crippen molar-refractivity contribution in [2.45, 2.75) is 17.7 Å². The van der Waals surface area contributed by atoms with Gasteiger partial charge >= 0.3 is 5.97 Å². The predicted octanol–water partition coefficient (Wildman–Crippen LogP) is 5.63. The Morgan fingerprint density at radius 2 is 1.37 bits per heavy atom. The molecule has 3 nitrogen and oxygen atoms in total. The maximum absolute atomic E-state index is 11.8. The third kappa shape index (κ3) is 3.71. The zero-order valence-corrected chi connectivity index (χ0v) is 15.9. The Morgan fingerprint density at radius 3 is 2.04 bits per heavy atom. The first-order chi connectivity index (χ1) is 13.2. The van der Waals surface area contributed by atoms with E-state index in [1.165, 1.54) is 29.2 Å². The number of carboxylic acid groups (broad SMARTS) is 1. The van der Waals surface area contributed by atoms with Gasteiger partial charge in [0.1, 0.15) is 11.5 Å². The van der Waals surface area contributed by atoms with Crippen LogP contribution in [0, 0.1) is 0 Å². The zero-order valence-electron chi connectivity index (χ0n) is 15.0. The van der Waals surface area contributed by atoms with Crippen molar-refractivity contribution in [1.29, 1.82) is 0 Å².